The third-order valence-corrected chi connectivity index (χ3v) is 6.32. The topological polar surface area (TPSA) is 138 Å². The van der Waals surface area contributed by atoms with Crippen LogP contribution in [-0.4, -0.2) is 38.2 Å². The molecule has 2 aromatic heterocycles. The van der Waals surface area contributed by atoms with Gasteiger partial charge in [0.1, 0.15) is 17.1 Å². The molecule has 206 valence electrons. The zero-order chi connectivity index (χ0) is 27.5. The Balaban J connectivity index is 1.81. The molecule has 38 heavy (non-hydrogen) atoms. The van der Waals surface area contributed by atoms with Gasteiger partial charge < -0.3 is 19.6 Å². The number of aromatic amines is 1. The molecular weight excluding hydrogens is 486 g/mol. The first-order chi connectivity index (χ1) is 18.4. The maximum absolute atomic E-state index is 13.1. The van der Waals surface area contributed by atoms with E-state index >= 15 is 0 Å². The van der Waals surface area contributed by atoms with Crippen molar-refractivity contribution in [3.05, 3.63) is 40.3 Å². The molecule has 1 aromatic carbocycles. The number of amides is 2. The summed E-state index contributed by atoms with van der Waals surface area (Å²) < 4.78 is 7.89. The van der Waals surface area contributed by atoms with Crippen molar-refractivity contribution in [1.29, 1.82) is 0 Å². The normalized spacial score (nSPS) is 11.1. The molecule has 4 N–H and O–H groups in total. The third-order valence-electron chi connectivity index (χ3n) is 6.32. The zero-order valence-corrected chi connectivity index (χ0v) is 22.6. The predicted octanol–water partition coefficient (Wildman–Crippen LogP) is 4.94. The Bertz CT molecular complexity index is 1300. The first-order valence-electron chi connectivity index (χ1n) is 13.5. The van der Waals surface area contributed by atoms with E-state index in [-0.39, 0.29) is 17.9 Å². The Morgan fingerprint density at radius 1 is 1.05 bits per heavy atom. The first-order valence-corrected chi connectivity index (χ1v) is 13.5. The summed E-state index contributed by atoms with van der Waals surface area (Å²) >= 11 is 0. The number of rotatable bonds is 15. The van der Waals surface area contributed by atoms with Crippen molar-refractivity contribution in [3.8, 4) is 17.1 Å². The van der Waals surface area contributed by atoms with Gasteiger partial charge in [-0.3, -0.25) is 19.6 Å². The maximum Gasteiger partial charge on any atom is 0.275 e. The first kappa shape index (κ1) is 28.9. The number of nitrogens with one attached hydrogen (secondary N) is 3. The fourth-order valence-electron chi connectivity index (χ4n) is 4.44. The average molecular weight is 526 g/mol. The fourth-order valence-corrected chi connectivity index (χ4v) is 4.44. The molecule has 0 radical (unpaired) electrons. The largest absolute Gasteiger partial charge is 0.493 e. The van der Waals surface area contributed by atoms with E-state index in [0.29, 0.717) is 66.3 Å². The Morgan fingerprint density at radius 3 is 2.45 bits per heavy atom. The van der Waals surface area contributed by atoms with Crippen LogP contribution in [0.3, 0.4) is 0 Å². The predicted molar refractivity (Wildman–Crippen MR) is 148 cm³/mol. The second kappa shape index (κ2) is 14.3. The molecule has 0 spiro atoms. The van der Waals surface area contributed by atoms with Crippen LogP contribution in [0.2, 0.25) is 0 Å². The van der Waals surface area contributed by atoms with Gasteiger partial charge in [0.05, 0.1) is 17.7 Å². The van der Waals surface area contributed by atoms with E-state index in [9.17, 15) is 14.4 Å². The number of benzene rings is 1. The van der Waals surface area contributed by atoms with Gasteiger partial charge in [-0.05, 0) is 56.4 Å². The second-order valence-corrected chi connectivity index (χ2v) is 9.36. The number of hydrogen-bond donors (Lipinski definition) is 4. The molecule has 2 heterocycles. The van der Waals surface area contributed by atoms with Crippen LogP contribution in [0.25, 0.3) is 22.4 Å². The standard InChI is InChI=1S/C28H39N5O5/c1-4-11-19-18-33(6-3)26-25(19)30-27(31-28(26)36)21-17-20(14-15-22(21)38-16-5-2)29-23(34)12-9-7-8-10-13-24(35)32-37/h14-15,17-18,37H,4-13,16H2,1-3H3,(H,29,34)(H,32,35)(H,30,31,36). The van der Waals surface area contributed by atoms with Crippen molar-refractivity contribution < 1.29 is 19.5 Å². The Kier molecular flexibility index (Phi) is 10.9. The van der Waals surface area contributed by atoms with Gasteiger partial charge in [0.25, 0.3) is 5.56 Å². The summed E-state index contributed by atoms with van der Waals surface area (Å²) in [6, 6.07) is 5.37. The minimum Gasteiger partial charge on any atom is -0.493 e. The number of hydrogen-bond acceptors (Lipinski definition) is 6. The smallest absolute Gasteiger partial charge is 0.275 e. The van der Waals surface area contributed by atoms with Crippen LogP contribution in [0.4, 0.5) is 5.69 Å². The summed E-state index contributed by atoms with van der Waals surface area (Å²) in [5, 5.41) is 11.5. The monoisotopic (exact) mass is 525 g/mol. The zero-order valence-electron chi connectivity index (χ0n) is 22.6. The van der Waals surface area contributed by atoms with Crippen molar-refractivity contribution in [2.45, 2.75) is 85.1 Å². The number of H-pyrrole nitrogens is 1. The van der Waals surface area contributed by atoms with Gasteiger partial charge in [-0.2, -0.15) is 0 Å². The number of ether oxygens (including phenoxy) is 1. The molecule has 10 heteroatoms. The van der Waals surface area contributed by atoms with Crippen molar-refractivity contribution >= 4 is 28.5 Å². The molecule has 0 bridgehead atoms. The van der Waals surface area contributed by atoms with Crippen LogP contribution in [0, 0.1) is 0 Å². The highest BCUT2D eigenvalue weighted by atomic mass is 16.5. The number of aryl methyl sites for hydroxylation is 2. The van der Waals surface area contributed by atoms with Gasteiger partial charge in [-0.15, -0.1) is 0 Å². The highest BCUT2D eigenvalue weighted by molar-refractivity contribution is 5.92. The van der Waals surface area contributed by atoms with E-state index in [2.05, 4.69) is 17.2 Å². The molecule has 2 amide bonds. The van der Waals surface area contributed by atoms with Crippen LogP contribution < -0.4 is 21.1 Å². The lowest BCUT2D eigenvalue weighted by molar-refractivity contribution is -0.129. The third kappa shape index (κ3) is 7.44. The van der Waals surface area contributed by atoms with Crippen LogP contribution in [0.5, 0.6) is 5.75 Å². The quantitative estimate of drug-likeness (QED) is 0.126. The lowest BCUT2D eigenvalue weighted by Gasteiger charge is -2.13. The summed E-state index contributed by atoms with van der Waals surface area (Å²) in [7, 11) is 0. The van der Waals surface area contributed by atoms with Crippen LogP contribution in [0.1, 0.15) is 77.7 Å². The van der Waals surface area contributed by atoms with E-state index in [4.69, 9.17) is 14.9 Å². The van der Waals surface area contributed by atoms with E-state index in [1.165, 1.54) is 0 Å². The number of aromatic nitrogens is 3. The fraction of sp³-hybridized carbons (Fsp3) is 0.500. The minimum absolute atomic E-state index is 0.117. The maximum atomic E-state index is 13.1. The van der Waals surface area contributed by atoms with E-state index in [1.54, 1.807) is 23.7 Å². The van der Waals surface area contributed by atoms with E-state index < -0.39 is 5.91 Å². The van der Waals surface area contributed by atoms with Gasteiger partial charge in [0.15, 0.2) is 0 Å². The molecule has 3 rings (SSSR count). The summed E-state index contributed by atoms with van der Waals surface area (Å²) in [6.07, 6.45) is 8.17. The highest BCUT2D eigenvalue weighted by Crippen LogP contribution is 2.32. The lowest BCUT2D eigenvalue weighted by atomic mass is 10.1. The minimum atomic E-state index is -0.399. The molecule has 3 aromatic rings. The molecule has 0 aliphatic carbocycles. The molecule has 10 nitrogen and oxygen atoms in total. The van der Waals surface area contributed by atoms with Gasteiger partial charge in [0, 0.05) is 31.3 Å². The molecular formula is C28H39N5O5. The summed E-state index contributed by atoms with van der Waals surface area (Å²) in [4.78, 5) is 44.6. The van der Waals surface area contributed by atoms with Crippen LogP contribution in [0.15, 0.2) is 29.2 Å². The van der Waals surface area contributed by atoms with Crippen molar-refractivity contribution in [1.82, 2.24) is 20.0 Å². The van der Waals surface area contributed by atoms with Gasteiger partial charge in [-0.25, -0.2) is 10.5 Å². The van der Waals surface area contributed by atoms with Gasteiger partial charge in [-0.1, -0.05) is 33.1 Å². The van der Waals surface area contributed by atoms with Crippen molar-refractivity contribution in [3.63, 3.8) is 0 Å². The lowest BCUT2D eigenvalue weighted by Crippen LogP contribution is -2.17. The Labute approximate surface area is 222 Å². The SMILES string of the molecule is CCCOc1ccc(NC(=O)CCCCCCC(=O)NO)cc1-c1nc2c(CCC)cn(CC)c2c(=O)[nH]1. The van der Waals surface area contributed by atoms with Crippen LogP contribution in [-0.2, 0) is 22.6 Å². The molecule has 0 saturated heterocycles. The number of fused-ring (bicyclic) bond motifs is 1. The highest BCUT2D eigenvalue weighted by Gasteiger charge is 2.18. The second-order valence-electron chi connectivity index (χ2n) is 9.36. The number of anilines is 1. The van der Waals surface area contributed by atoms with E-state index in [1.807, 2.05) is 24.6 Å². The van der Waals surface area contributed by atoms with Crippen molar-refractivity contribution in [2.75, 3.05) is 11.9 Å². The number of carbonyl (C=O) groups is 2. The Hall–Kier alpha value is -3.66. The molecule has 0 aliphatic rings. The molecule has 0 aliphatic heterocycles. The number of unbranched alkanes of at least 4 members (excludes halogenated alkanes) is 3. The number of nitrogens with zero attached hydrogens (tertiary/aromatic N) is 2. The summed E-state index contributed by atoms with van der Waals surface area (Å²) in [6.45, 7) is 7.31. The molecule has 0 unspecified atom stereocenters. The Morgan fingerprint density at radius 2 is 1.79 bits per heavy atom. The molecule has 0 fully saturated rings. The average Bonchev–Trinajstić information content (AvgIpc) is 3.27. The van der Waals surface area contributed by atoms with Gasteiger partial charge >= 0.3 is 0 Å². The number of carbonyl (C=O) groups excluding carboxylic acids is 2. The van der Waals surface area contributed by atoms with Crippen molar-refractivity contribution in [2.24, 2.45) is 0 Å². The summed E-state index contributed by atoms with van der Waals surface area (Å²) in [5.41, 5.74) is 4.92. The van der Waals surface area contributed by atoms with Gasteiger partial charge in [0.2, 0.25) is 11.8 Å². The van der Waals surface area contributed by atoms with E-state index in [0.717, 1.165) is 37.7 Å². The van der Waals surface area contributed by atoms with Crippen LogP contribution >= 0.6 is 0 Å². The number of hydroxylamine groups is 1. The molecule has 0 saturated carbocycles. The summed E-state index contributed by atoms with van der Waals surface area (Å²) in [5.74, 6) is 0.479. The molecule has 0 atom stereocenters.